The third kappa shape index (κ3) is 3.82. The van der Waals surface area contributed by atoms with Crippen LogP contribution in [0, 0.1) is 5.92 Å². The van der Waals surface area contributed by atoms with E-state index in [0.717, 1.165) is 10.6 Å². The molecule has 6 rings (SSSR count). The van der Waals surface area contributed by atoms with Crippen LogP contribution in [0.4, 0.5) is 5.82 Å². The lowest BCUT2D eigenvalue weighted by atomic mass is 9.99. The third-order valence-electron chi connectivity index (χ3n) is 6.44. The highest BCUT2D eigenvalue weighted by Crippen LogP contribution is 2.37. The van der Waals surface area contributed by atoms with E-state index in [4.69, 9.17) is 15.3 Å². The van der Waals surface area contributed by atoms with Gasteiger partial charge in [-0.05, 0) is 17.7 Å². The standard InChI is InChI=1S/C26H22N6O4/c27-23-22-24(29-14-28-23)31(15-30-22)21-12-17(11-10-16-6-2-1-3-7-16)20(36-21)13-35-32-25(33)18-8-4-5-9-19(18)26(32)34/h1-11,14-15,17,20-21H,12-13H2,(H2,27,28,29)/t17-,20+,21+/m0/s1. The number of anilines is 1. The number of carbonyl (C=O) groups excluding carboxylic acids is 2. The number of nitrogens with zero attached hydrogens (tertiary/aromatic N) is 5. The SMILES string of the molecule is Nc1ncnc2c1ncn2[C@H]1C[C@H](C=Cc2ccccc2)[C@@H](CON2C(=O)c3ccccc3C2=O)O1. The molecule has 4 aromatic rings. The molecule has 2 N–H and O–H groups in total. The first-order valence-corrected chi connectivity index (χ1v) is 11.5. The van der Waals surface area contributed by atoms with Crippen LogP contribution in [0.3, 0.4) is 0 Å². The van der Waals surface area contributed by atoms with E-state index in [1.807, 2.05) is 41.0 Å². The summed E-state index contributed by atoms with van der Waals surface area (Å²) in [7, 11) is 0. The van der Waals surface area contributed by atoms with Gasteiger partial charge in [0.05, 0.1) is 23.6 Å². The van der Waals surface area contributed by atoms with Gasteiger partial charge in [0.15, 0.2) is 11.5 Å². The first-order valence-electron chi connectivity index (χ1n) is 11.5. The zero-order chi connectivity index (χ0) is 24.6. The molecule has 1 fully saturated rings. The van der Waals surface area contributed by atoms with Gasteiger partial charge in [0.25, 0.3) is 11.8 Å². The molecule has 2 aromatic heterocycles. The Labute approximate surface area is 205 Å². The molecule has 10 nitrogen and oxygen atoms in total. The molecule has 180 valence electrons. The number of amides is 2. The molecule has 0 radical (unpaired) electrons. The van der Waals surface area contributed by atoms with E-state index in [0.29, 0.717) is 34.5 Å². The second-order valence-corrected chi connectivity index (χ2v) is 8.63. The largest absolute Gasteiger partial charge is 0.382 e. The molecule has 2 aromatic carbocycles. The Morgan fingerprint density at radius 3 is 2.47 bits per heavy atom. The van der Waals surface area contributed by atoms with Crippen LogP contribution in [0.25, 0.3) is 17.2 Å². The second-order valence-electron chi connectivity index (χ2n) is 8.63. The maximum Gasteiger partial charge on any atom is 0.285 e. The fraction of sp³-hybridized carbons (Fsp3) is 0.192. The summed E-state index contributed by atoms with van der Waals surface area (Å²) in [5, 5.41) is 0.819. The van der Waals surface area contributed by atoms with Crippen molar-refractivity contribution in [2.24, 2.45) is 5.92 Å². The van der Waals surface area contributed by atoms with Gasteiger partial charge >= 0.3 is 0 Å². The monoisotopic (exact) mass is 482 g/mol. The molecular formula is C26H22N6O4. The molecule has 0 unspecified atom stereocenters. The van der Waals surface area contributed by atoms with Crippen molar-refractivity contribution < 1.29 is 19.2 Å². The third-order valence-corrected chi connectivity index (χ3v) is 6.44. The molecular weight excluding hydrogens is 460 g/mol. The Hall–Kier alpha value is -4.41. The summed E-state index contributed by atoms with van der Waals surface area (Å²) >= 11 is 0. The normalized spacial score (nSPS) is 21.7. The summed E-state index contributed by atoms with van der Waals surface area (Å²) in [5.74, 6) is -0.728. The summed E-state index contributed by atoms with van der Waals surface area (Å²) in [6.07, 6.45) is 6.88. The Bertz CT molecular complexity index is 1450. The van der Waals surface area contributed by atoms with Gasteiger partial charge in [0.2, 0.25) is 0 Å². The van der Waals surface area contributed by atoms with Crippen molar-refractivity contribution in [1.29, 1.82) is 0 Å². The van der Waals surface area contributed by atoms with E-state index in [-0.39, 0.29) is 12.5 Å². The smallest absolute Gasteiger partial charge is 0.285 e. The van der Waals surface area contributed by atoms with Crippen molar-refractivity contribution in [2.75, 3.05) is 12.3 Å². The van der Waals surface area contributed by atoms with Gasteiger partial charge in [-0.15, -0.1) is 5.06 Å². The number of nitrogen functional groups attached to an aromatic ring is 1. The predicted molar refractivity (Wildman–Crippen MR) is 130 cm³/mol. The Kier molecular flexibility index (Phi) is 5.51. The van der Waals surface area contributed by atoms with Gasteiger partial charge in [0, 0.05) is 12.3 Å². The number of hydroxylamine groups is 2. The van der Waals surface area contributed by atoms with Crippen molar-refractivity contribution in [3.8, 4) is 0 Å². The molecule has 36 heavy (non-hydrogen) atoms. The highest BCUT2D eigenvalue weighted by Gasteiger charge is 2.40. The van der Waals surface area contributed by atoms with Gasteiger partial charge in [-0.3, -0.25) is 19.0 Å². The molecule has 0 saturated carbocycles. The number of hydrogen-bond donors (Lipinski definition) is 1. The van der Waals surface area contributed by atoms with Gasteiger partial charge in [0.1, 0.15) is 24.7 Å². The summed E-state index contributed by atoms with van der Waals surface area (Å²) < 4.78 is 8.18. The number of fused-ring (bicyclic) bond motifs is 2. The van der Waals surface area contributed by atoms with Gasteiger partial charge in [-0.1, -0.05) is 54.6 Å². The quantitative estimate of drug-likeness (QED) is 0.415. The summed E-state index contributed by atoms with van der Waals surface area (Å²) in [4.78, 5) is 43.9. The van der Waals surface area contributed by atoms with Gasteiger partial charge < -0.3 is 10.5 Å². The maximum absolute atomic E-state index is 12.7. The molecule has 3 atom stereocenters. The highest BCUT2D eigenvalue weighted by molar-refractivity contribution is 6.20. The van der Waals surface area contributed by atoms with Crippen LogP contribution < -0.4 is 5.73 Å². The molecule has 10 heteroatoms. The van der Waals surface area contributed by atoms with Gasteiger partial charge in [-0.2, -0.15) is 0 Å². The number of hydrogen-bond acceptors (Lipinski definition) is 8. The number of rotatable bonds is 6. The number of imide groups is 1. The fourth-order valence-electron chi connectivity index (χ4n) is 4.60. The lowest BCUT2D eigenvalue weighted by molar-refractivity contribution is -0.133. The number of benzene rings is 2. The van der Waals surface area contributed by atoms with Crippen molar-refractivity contribution in [3.63, 3.8) is 0 Å². The number of carbonyl (C=O) groups is 2. The van der Waals surface area contributed by atoms with Crippen molar-refractivity contribution in [2.45, 2.75) is 18.8 Å². The summed E-state index contributed by atoms with van der Waals surface area (Å²) in [6, 6.07) is 16.6. The summed E-state index contributed by atoms with van der Waals surface area (Å²) in [5.41, 5.74) is 8.73. The number of nitrogens with two attached hydrogens (primary N) is 1. The molecule has 0 aliphatic carbocycles. The van der Waals surface area contributed by atoms with E-state index in [2.05, 4.69) is 21.0 Å². The Morgan fingerprint density at radius 1 is 1.00 bits per heavy atom. The van der Waals surface area contributed by atoms with Crippen LogP contribution in [0.15, 0.2) is 73.3 Å². The van der Waals surface area contributed by atoms with Crippen LogP contribution >= 0.6 is 0 Å². The van der Waals surface area contributed by atoms with Crippen molar-refractivity contribution in [1.82, 2.24) is 24.6 Å². The topological polar surface area (TPSA) is 125 Å². The predicted octanol–water partition coefficient (Wildman–Crippen LogP) is 3.25. The zero-order valence-corrected chi connectivity index (χ0v) is 19.1. The van der Waals surface area contributed by atoms with E-state index in [1.54, 1.807) is 30.6 Å². The second kappa shape index (κ2) is 8.99. The molecule has 0 spiro atoms. The average molecular weight is 483 g/mol. The lowest BCUT2D eigenvalue weighted by Gasteiger charge is -2.20. The lowest BCUT2D eigenvalue weighted by Crippen LogP contribution is -2.34. The molecule has 2 amide bonds. The molecule has 2 aliphatic rings. The highest BCUT2D eigenvalue weighted by atomic mass is 16.7. The van der Waals surface area contributed by atoms with Crippen LogP contribution in [-0.2, 0) is 9.57 Å². The van der Waals surface area contributed by atoms with Crippen molar-refractivity contribution in [3.05, 3.63) is 90.0 Å². The number of ether oxygens (including phenoxy) is 1. The number of aromatic nitrogens is 4. The van der Waals surface area contributed by atoms with Crippen LogP contribution in [0.1, 0.15) is 38.9 Å². The van der Waals surface area contributed by atoms with E-state index in [9.17, 15) is 9.59 Å². The van der Waals surface area contributed by atoms with E-state index >= 15 is 0 Å². The molecule has 4 heterocycles. The minimum Gasteiger partial charge on any atom is -0.382 e. The first kappa shape index (κ1) is 22.1. The maximum atomic E-state index is 12.7. The number of imidazole rings is 1. The summed E-state index contributed by atoms with van der Waals surface area (Å²) in [6.45, 7) is 0.00944. The van der Waals surface area contributed by atoms with Crippen molar-refractivity contribution >= 4 is 34.9 Å². The van der Waals surface area contributed by atoms with Crippen LogP contribution in [0.5, 0.6) is 0 Å². The first-order chi connectivity index (χ1) is 17.6. The van der Waals surface area contributed by atoms with Crippen LogP contribution in [-0.4, -0.2) is 49.1 Å². The molecule has 1 saturated heterocycles. The van der Waals surface area contributed by atoms with E-state index in [1.165, 1.54) is 6.33 Å². The van der Waals surface area contributed by atoms with Gasteiger partial charge in [-0.25, -0.2) is 15.0 Å². The van der Waals surface area contributed by atoms with Crippen LogP contribution in [0.2, 0.25) is 0 Å². The Morgan fingerprint density at radius 2 is 1.72 bits per heavy atom. The molecule has 2 aliphatic heterocycles. The average Bonchev–Trinajstić information content (AvgIpc) is 3.58. The fourth-order valence-corrected chi connectivity index (χ4v) is 4.60. The van der Waals surface area contributed by atoms with E-state index < -0.39 is 24.1 Å². The molecule has 0 bridgehead atoms. The Balaban J connectivity index is 1.25. The zero-order valence-electron chi connectivity index (χ0n) is 19.1. The minimum atomic E-state index is -0.477. The minimum absolute atomic E-state index is 0.00944.